The number of methoxy groups -OCH3 is 1. The van der Waals surface area contributed by atoms with Gasteiger partial charge in [-0.15, -0.1) is 0 Å². The topological polar surface area (TPSA) is 38.3 Å². The van der Waals surface area contributed by atoms with Gasteiger partial charge < -0.3 is 10.1 Å². The van der Waals surface area contributed by atoms with Gasteiger partial charge in [0, 0.05) is 17.4 Å². The minimum absolute atomic E-state index is 0.0381. The van der Waals surface area contributed by atoms with Crippen molar-refractivity contribution < 1.29 is 9.53 Å². The zero-order chi connectivity index (χ0) is 14.1. The van der Waals surface area contributed by atoms with Crippen LogP contribution in [-0.2, 0) is 0 Å². The van der Waals surface area contributed by atoms with E-state index in [4.69, 9.17) is 4.74 Å². The molecule has 0 heterocycles. The maximum Gasteiger partial charge on any atom is 0.251 e. The molecule has 1 amide bonds. The fraction of sp³-hybridized carbons (Fsp3) is 0.500. The lowest BCUT2D eigenvalue weighted by molar-refractivity contribution is 0.0953. The molecule has 0 unspecified atom stereocenters. The number of carbonyl (C=O) groups excluding carboxylic acids is 1. The Morgan fingerprint density at radius 3 is 2.63 bits per heavy atom. The van der Waals surface area contributed by atoms with Crippen LogP contribution in [0.4, 0.5) is 0 Å². The average molecular weight is 393 g/mol. The van der Waals surface area contributed by atoms with Crippen LogP contribution in [-0.4, -0.2) is 24.9 Å². The number of hydrogen-bond donors (Lipinski definition) is 1. The molecule has 3 nitrogen and oxygen atoms in total. The molecule has 0 radical (unpaired) electrons. The summed E-state index contributed by atoms with van der Waals surface area (Å²) in [6, 6.07) is 5.33. The number of alkyl halides is 1. The summed E-state index contributed by atoms with van der Waals surface area (Å²) in [5.74, 6) is 0.690. The minimum Gasteiger partial charge on any atom is -0.496 e. The molecular weight excluding hydrogens is 374 g/mol. The van der Waals surface area contributed by atoms with Gasteiger partial charge in [0.05, 0.1) is 11.6 Å². The number of ether oxygens (including phenoxy) is 1. The summed E-state index contributed by atoms with van der Waals surface area (Å²) in [6.07, 6.45) is 4.57. The van der Waals surface area contributed by atoms with E-state index >= 15 is 0 Å². The van der Waals surface area contributed by atoms with E-state index in [1.165, 1.54) is 12.8 Å². The standard InChI is InChI=1S/C14H19Br2NO2/c1-19-13-7-6-11(10-12(13)16)14(18)17-9-5-3-2-4-8-15/h6-7,10H,2-5,8-9H2,1H3,(H,17,18). The van der Waals surface area contributed by atoms with Gasteiger partial charge in [0.15, 0.2) is 0 Å². The Balaban J connectivity index is 2.35. The van der Waals surface area contributed by atoms with Crippen molar-refractivity contribution in [1.29, 1.82) is 0 Å². The summed E-state index contributed by atoms with van der Waals surface area (Å²) in [7, 11) is 1.60. The van der Waals surface area contributed by atoms with Crippen molar-refractivity contribution in [2.75, 3.05) is 19.0 Å². The first-order valence-corrected chi connectivity index (χ1v) is 8.28. The molecule has 1 rings (SSSR count). The highest BCUT2D eigenvalue weighted by Crippen LogP contribution is 2.25. The van der Waals surface area contributed by atoms with Crippen LogP contribution in [0.1, 0.15) is 36.0 Å². The molecule has 0 saturated carbocycles. The Morgan fingerprint density at radius 1 is 1.26 bits per heavy atom. The van der Waals surface area contributed by atoms with E-state index in [0.29, 0.717) is 5.56 Å². The van der Waals surface area contributed by atoms with Crippen molar-refractivity contribution in [1.82, 2.24) is 5.32 Å². The summed E-state index contributed by atoms with van der Waals surface area (Å²) in [6.45, 7) is 0.727. The van der Waals surface area contributed by atoms with Gasteiger partial charge in [-0.3, -0.25) is 4.79 Å². The van der Waals surface area contributed by atoms with Crippen molar-refractivity contribution >= 4 is 37.8 Å². The van der Waals surface area contributed by atoms with Crippen LogP contribution in [0.15, 0.2) is 22.7 Å². The first-order valence-electron chi connectivity index (χ1n) is 6.36. The van der Waals surface area contributed by atoms with Crippen LogP contribution in [0, 0.1) is 0 Å². The van der Waals surface area contributed by atoms with E-state index < -0.39 is 0 Å². The van der Waals surface area contributed by atoms with Crippen molar-refractivity contribution in [3.63, 3.8) is 0 Å². The Kier molecular flexibility index (Phi) is 8.14. The second-order valence-corrected chi connectivity index (χ2v) is 5.86. The molecule has 0 bridgehead atoms. The largest absolute Gasteiger partial charge is 0.496 e. The van der Waals surface area contributed by atoms with Crippen LogP contribution in [0.5, 0.6) is 5.75 Å². The molecule has 0 aliphatic rings. The molecule has 0 fully saturated rings. The predicted molar refractivity (Wildman–Crippen MR) is 85.3 cm³/mol. The quantitative estimate of drug-likeness (QED) is 0.533. The Hall–Kier alpha value is -0.550. The van der Waals surface area contributed by atoms with E-state index in [9.17, 15) is 4.79 Å². The maximum atomic E-state index is 11.9. The molecule has 19 heavy (non-hydrogen) atoms. The number of rotatable bonds is 8. The van der Waals surface area contributed by atoms with Crippen molar-refractivity contribution in [3.05, 3.63) is 28.2 Å². The lowest BCUT2D eigenvalue weighted by Crippen LogP contribution is -2.24. The molecule has 0 aliphatic heterocycles. The third-order valence-electron chi connectivity index (χ3n) is 2.76. The average Bonchev–Trinajstić information content (AvgIpc) is 2.42. The number of amides is 1. The van der Waals surface area contributed by atoms with Crippen LogP contribution in [0.25, 0.3) is 0 Å². The number of unbranched alkanes of at least 4 members (excludes halogenated alkanes) is 3. The minimum atomic E-state index is -0.0381. The van der Waals surface area contributed by atoms with Crippen molar-refractivity contribution in [3.8, 4) is 5.75 Å². The van der Waals surface area contributed by atoms with Gasteiger partial charge in [0.1, 0.15) is 5.75 Å². The fourth-order valence-electron chi connectivity index (χ4n) is 1.68. The first kappa shape index (κ1) is 16.5. The highest BCUT2D eigenvalue weighted by atomic mass is 79.9. The molecule has 0 spiro atoms. The van der Waals surface area contributed by atoms with Crippen molar-refractivity contribution in [2.24, 2.45) is 0 Å². The summed E-state index contributed by atoms with van der Waals surface area (Å²) in [4.78, 5) is 11.9. The number of benzene rings is 1. The molecule has 0 aliphatic carbocycles. The first-order chi connectivity index (χ1) is 9.19. The fourth-order valence-corrected chi connectivity index (χ4v) is 2.62. The zero-order valence-electron chi connectivity index (χ0n) is 11.0. The number of nitrogens with one attached hydrogen (secondary N) is 1. The van der Waals surface area contributed by atoms with E-state index in [-0.39, 0.29) is 5.91 Å². The lowest BCUT2D eigenvalue weighted by Gasteiger charge is -2.07. The summed E-state index contributed by atoms with van der Waals surface area (Å²) >= 11 is 6.78. The van der Waals surface area contributed by atoms with E-state index in [0.717, 1.165) is 34.9 Å². The molecule has 106 valence electrons. The van der Waals surface area contributed by atoms with Crippen LogP contribution in [0.2, 0.25) is 0 Å². The Morgan fingerprint density at radius 2 is 2.00 bits per heavy atom. The number of halogens is 2. The highest BCUT2D eigenvalue weighted by molar-refractivity contribution is 9.10. The van der Waals surface area contributed by atoms with Crippen LogP contribution in [0.3, 0.4) is 0 Å². The van der Waals surface area contributed by atoms with E-state index in [1.807, 2.05) is 0 Å². The van der Waals surface area contributed by atoms with E-state index in [1.54, 1.807) is 25.3 Å². The summed E-state index contributed by atoms with van der Waals surface area (Å²) < 4.78 is 5.92. The van der Waals surface area contributed by atoms with Crippen LogP contribution >= 0.6 is 31.9 Å². The third-order valence-corrected chi connectivity index (χ3v) is 3.94. The molecule has 0 saturated heterocycles. The molecule has 0 aromatic heterocycles. The number of carbonyl (C=O) groups is 1. The Bertz CT molecular complexity index is 410. The Labute approximate surface area is 131 Å². The van der Waals surface area contributed by atoms with Crippen LogP contribution < -0.4 is 10.1 Å². The van der Waals surface area contributed by atoms with Gasteiger partial charge in [-0.25, -0.2) is 0 Å². The predicted octanol–water partition coefficient (Wildman–Crippen LogP) is 4.14. The molecular formula is C14H19Br2NO2. The summed E-state index contributed by atoms with van der Waals surface area (Å²) in [5, 5.41) is 3.98. The molecule has 1 N–H and O–H groups in total. The van der Waals surface area contributed by atoms with Gasteiger partial charge in [-0.05, 0) is 47.0 Å². The normalized spacial score (nSPS) is 10.3. The smallest absolute Gasteiger partial charge is 0.251 e. The molecule has 1 aromatic rings. The maximum absolute atomic E-state index is 11.9. The van der Waals surface area contributed by atoms with E-state index in [2.05, 4.69) is 37.2 Å². The number of hydrogen-bond acceptors (Lipinski definition) is 2. The lowest BCUT2D eigenvalue weighted by atomic mass is 10.2. The van der Waals surface area contributed by atoms with Gasteiger partial charge in [0.25, 0.3) is 5.91 Å². The molecule has 0 atom stereocenters. The van der Waals surface area contributed by atoms with Gasteiger partial charge in [-0.2, -0.15) is 0 Å². The second-order valence-electron chi connectivity index (χ2n) is 4.21. The molecule has 1 aromatic carbocycles. The van der Waals surface area contributed by atoms with Gasteiger partial charge >= 0.3 is 0 Å². The SMILES string of the molecule is COc1ccc(C(=O)NCCCCCCBr)cc1Br. The third kappa shape index (κ3) is 5.95. The summed E-state index contributed by atoms with van der Waals surface area (Å²) in [5.41, 5.74) is 0.646. The monoisotopic (exact) mass is 391 g/mol. The molecule has 5 heteroatoms. The second kappa shape index (κ2) is 9.37. The van der Waals surface area contributed by atoms with Gasteiger partial charge in [-0.1, -0.05) is 28.8 Å². The highest BCUT2D eigenvalue weighted by Gasteiger charge is 2.08. The zero-order valence-corrected chi connectivity index (χ0v) is 14.2. The van der Waals surface area contributed by atoms with Crippen molar-refractivity contribution in [2.45, 2.75) is 25.7 Å². The van der Waals surface area contributed by atoms with Gasteiger partial charge in [0.2, 0.25) is 0 Å².